The lowest BCUT2D eigenvalue weighted by molar-refractivity contribution is -0.121. The standard InChI is InChI=1S/C21H20FNO2/c22-19-11-4-2-7-16(19)12-13-21(25)23-14-20(24)18-10-5-8-15-6-1-3-9-17(15)18/h1-11,20,24H,12-14H2,(H,23,25). The number of halogens is 1. The van der Waals surface area contributed by atoms with Gasteiger partial charge in [0.05, 0.1) is 6.10 Å². The summed E-state index contributed by atoms with van der Waals surface area (Å²) in [5.74, 6) is -0.506. The van der Waals surface area contributed by atoms with Crippen LogP contribution in [0.5, 0.6) is 0 Å². The van der Waals surface area contributed by atoms with Gasteiger partial charge in [-0.25, -0.2) is 4.39 Å². The van der Waals surface area contributed by atoms with Crippen molar-refractivity contribution in [3.63, 3.8) is 0 Å². The van der Waals surface area contributed by atoms with Crippen LogP contribution in [-0.2, 0) is 11.2 Å². The van der Waals surface area contributed by atoms with E-state index in [1.165, 1.54) is 6.07 Å². The van der Waals surface area contributed by atoms with Crippen LogP contribution in [-0.4, -0.2) is 17.6 Å². The molecule has 3 aromatic carbocycles. The van der Waals surface area contributed by atoms with Gasteiger partial charge in [-0.3, -0.25) is 4.79 Å². The molecule has 25 heavy (non-hydrogen) atoms. The number of hydrogen-bond donors (Lipinski definition) is 2. The van der Waals surface area contributed by atoms with Crippen molar-refractivity contribution in [1.82, 2.24) is 5.32 Å². The Balaban J connectivity index is 1.57. The molecule has 2 N–H and O–H groups in total. The topological polar surface area (TPSA) is 49.3 Å². The SMILES string of the molecule is O=C(CCc1ccccc1F)NCC(O)c1cccc2ccccc12. The highest BCUT2D eigenvalue weighted by atomic mass is 19.1. The van der Waals surface area contributed by atoms with Gasteiger partial charge in [-0.15, -0.1) is 0 Å². The van der Waals surface area contributed by atoms with Gasteiger partial charge in [0.15, 0.2) is 0 Å². The van der Waals surface area contributed by atoms with E-state index >= 15 is 0 Å². The molecule has 1 atom stereocenters. The van der Waals surface area contributed by atoms with Crippen LogP contribution in [0, 0.1) is 5.82 Å². The number of aryl methyl sites for hydroxylation is 1. The Labute approximate surface area is 146 Å². The normalized spacial score (nSPS) is 12.1. The van der Waals surface area contributed by atoms with Gasteiger partial charge in [-0.1, -0.05) is 60.7 Å². The van der Waals surface area contributed by atoms with Crippen molar-refractivity contribution in [3.05, 3.63) is 83.7 Å². The Hall–Kier alpha value is -2.72. The molecule has 3 aromatic rings. The van der Waals surface area contributed by atoms with Crippen LogP contribution < -0.4 is 5.32 Å². The maximum absolute atomic E-state index is 13.6. The summed E-state index contributed by atoms with van der Waals surface area (Å²) in [5, 5.41) is 15.2. The summed E-state index contributed by atoms with van der Waals surface area (Å²) in [6.45, 7) is 0.129. The van der Waals surface area contributed by atoms with Gasteiger partial charge in [0.25, 0.3) is 0 Å². The fraction of sp³-hybridized carbons (Fsp3) is 0.190. The molecule has 0 aliphatic heterocycles. The van der Waals surface area contributed by atoms with Crippen LogP contribution in [0.1, 0.15) is 23.7 Å². The minimum atomic E-state index is -0.788. The Morgan fingerprint density at radius 2 is 1.72 bits per heavy atom. The van der Waals surface area contributed by atoms with E-state index in [9.17, 15) is 14.3 Å². The minimum absolute atomic E-state index is 0.129. The zero-order chi connectivity index (χ0) is 17.6. The van der Waals surface area contributed by atoms with Crippen LogP contribution in [0.3, 0.4) is 0 Å². The molecule has 128 valence electrons. The molecule has 0 bridgehead atoms. The molecule has 1 unspecified atom stereocenters. The molecule has 3 rings (SSSR count). The van der Waals surface area contributed by atoms with Gasteiger partial charge >= 0.3 is 0 Å². The molecule has 4 heteroatoms. The number of rotatable bonds is 6. The molecule has 0 heterocycles. The van der Waals surface area contributed by atoms with Gasteiger partial charge in [-0.05, 0) is 34.4 Å². The maximum atomic E-state index is 13.6. The van der Waals surface area contributed by atoms with Crippen molar-refractivity contribution in [2.45, 2.75) is 18.9 Å². The van der Waals surface area contributed by atoms with Crippen LogP contribution in [0.25, 0.3) is 10.8 Å². The Bertz CT molecular complexity index is 873. The molecular formula is C21H20FNO2. The third kappa shape index (κ3) is 4.22. The average Bonchev–Trinajstić information content (AvgIpc) is 2.65. The molecule has 0 saturated carbocycles. The van der Waals surface area contributed by atoms with Crippen molar-refractivity contribution >= 4 is 16.7 Å². The monoisotopic (exact) mass is 337 g/mol. The average molecular weight is 337 g/mol. The molecule has 0 spiro atoms. The summed E-state index contributed by atoms with van der Waals surface area (Å²) in [6.07, 6.45) is -0.269. The van der Waals surface area contributed by atoms with Crippen molar-refractivity contribution in [2.75, 3.05) is 6.54 Å². The van der Waals surface area contributed by atoms with Crippen LogP contribution in [0.15, 0.2) is 66.7 Å². The van der Waals surface area contributed by atoms with Crippen LogP contribution in [0.2, 0.25) is 0 Å². The molecular weight excluding hydrogens is 317 g/mol. The van der Waals surface area contributed by atoms with Gasteiger partial charge in [0, 0.05) is 13.0 Å². The molecule has 0 fully saturated rings. The molecule has 0 aliphatic carbocycles. The van der Waals surface area contributed by atoms with Gasteiger partial charge < -0.3 is 10.4 Å². The molecule has 1 amide bonds. The van der Waals surface area contributed by atoms with Crippen molar-refractivity contribution in [1.29, 1.82) is 0 Å². The molecule has 0 aliphatic rings. The largest absolute Gasteiger partial charge is 0.387 e. The van der Waals surface area contributed by atoms with E-state index in [0.29, 0.717) is 12.0 Å². The first-order valence-corrected chi connectivity index (χ1v) is 8.31. The lowest BCUT2D eigenvalue weighted by Crippen LogP contribution is -2.28. The Morgan fingerprint density at radius 3 is 2.56 bits per heavy atom. The summed E-state index contributed by atoms with van der Waals surface area (Å²) >= 11 is 0. The van der Waals surface area contributed by atoms with E-state index in [4.69, 9.17) is 0 Å². The fourth-order valence-corrected chi connectivity index (χ4v) is 2.90. The number of amides is 1. The number of benzene rings is 3. The number of aliphatic hydroxyl groups is 1. The van der Waals surface area contributed by atoms with Crippen molar-refractivity contribution in [3.8, 4) is 0 Å². The second-order valence-electron chi connectivity index (χ2n) is 5.98. The summed E-state index contributed by atoms with van der Waals surface area (Å²) in [5.41, 5.74) is 1.31. The van der Waals surface area contributed by atoms with Crippen LogP contribution >= 0.6 is 0 Å². The number of nitrogens with one attached hydrogen (secondary N) is 1. The van der Waals surface area contributed by atoms with Crippen LogP contribution in [0.4, 0.5) is 4.39 Å². The zero-order valence-electron chi connectivity index (χ0n) is 13.8. The second-order valence-corrected chi connectivity index (χ2v) is 5.98. The van der Waals surface area contributed by atoms with E-state index in [1.807, 2.05) is 42.5 Å². The molecule has 0 radical (unpaired) electrons. The van der Waals surface area contributed by atoms with E-state index in [1.54, 1.807) is 18.2 Å². The van der Waals surface area contributed by atoms with Gasteiger partial charge in [-0.2, -0.15) is 0 Å². The first-order valence-electron chi connectivity index (χ1n) is 8.31. The van der Waals surface area contributed by atoms with Crippen molar-refractivity contribution in [2.24, 2.45) is 0 Å². The number of aliphatic hydroxyl groups excluding tert-OH is 1. The van der Waals surface area contributed by atoms with E-state index < -0.39 is 6.10 Å². The summed E-state index contributed by atoms with van der Waals surface area (Å²) in [6, 6.07) is 20.0. The Morgan fingerprint density at radius 1 is 1.00 bits per heavy atom. The maximum Gasteiger partial charge on any atom is 0.220 e. The smallest absolute Gasteiger partial charge is 0.220 e. The summed E-state index contributed by atoms with van der Waals surface area (Å²) in [4.78, 5) is 12.0. The second kappa shape index (κ2) is 7.90. The summed E-state index contributed by atoms with van der Waals surface area (Å²) in [7, 11) is 0. The third-order valence-electron chi connectivity index (χ3n) is 4.25. The number of hydrogen-bond acceptors (Lipinski definition) is 2. The molecule has 3 nitrogen and oxygen atoms in total. The summed E-state index contributed by atoms with van der Waals surface area (Å²) < 4.78 is 13.6. The fourth-order valence-electron chi connectivity index (χ4n) is 2.90. The zero-order valence-corrected chi connectivity index (χ0v) is 13.8. The number of carbonyl (C=O) groups is 1. The molecule has 0 saturated heterocycles. The highest BCUT2D eigenvalue weighted by Gasteiger charge is 2.13. The predicted molar refractivity (Wildman–Crippen MR) is 96.6 cm³/mol. The van der Waals surface area contributed by atoms with Gasteiger partial charge in [0.1, 0.15) is 5.82 Å². The first-order chi connectivity index (χ1) is 12.1. The number of carbonyl (C=O) groups excluding carboxylic acids is 1. The highest BCUT2D eigenvalue weighted by Crippen LogP contribution is 2.23. The first kappa shape index (κ1) is 17.1. The van der Waals surface area contributed by atoms with Gasteiger partial charge in [0.2, 0.25) is 5.91 Å². The quantitative estimate of drug-likeness (QED) is 0.719. The third-order valence-corrected chi connectivity index (χ3v) is 4.25. The molecule has 0 aromatic heterocycles. The highest BCUT2D eigenvalue weighted by molar-refractivity contribution is 5.86. The van der Waals surface area contributed by atoms with E-state index in [-0.39, 0.29) is 24.7 Å². The van der Waals surface area contributed by atoms with Crippen molar-refractivity contribution < 1.29 is 14.3 Å². The Kier molecular flexibility index (Phi) is 5.41. The number of fused-ring (bicyclic) bond motifs is 1. The lowest BCUT2D eigenvalue weighted by atomic mass is 10.0. The van der Waals surface area contributed by atoms with E-state index in [0.717, 1.165) is 16.3 Å². The predicted octanol–water partition coefficient (Wildman–Crippen LogP) is 3.76. The van der Waals surface area contributed by atoms with E-state index in [2.05, 4.69) is 5.32 Å². The minimum Gasteiger partial charge on any atom is -0.387 e. The lowest BCUT2D eigenvalue weighted by Gasteiger charge is -2.15.